The maximum Gasteiger partial charge on any atom is 0.223 e. The second kappa shape index (κ2) is 8.17. The molecule has 3 N–H and O–H groups in total. The molecule has 1 saturated carbocycles. The molecule has 1 aromatic carbocycles. The van der Waals surface area contributed by atoms with Crippen LogP contribution in [0.15, 0.2) is 24.3 Å². The number of carbonyl (C=O) groups is 1. The monoisotopic (exact) mass is 308 g/mol. The van der Waals surface area contributed by atoms with Crippen molar-refractivity contribution < 1.29 is 9.53 Å². The van der Waals surface area contributed by atoms with Crippen LogP contribution in [0.2, 0.25) is 0 Å². The molecule has 0 bridgehead atoms. The summed E-state index contributed by atoms with van der Waals surface area (Å²) < 4.78 is 5.55. The number of benzene rings is 1. The molecule has 116 valence electrons. The van der Waals surface area contributed by atoms with E-state index in [1.807, 2.05) is 23.9 Å². The van der Waals surface area contributed by atoms with Crippen molar-refractivity contribution in [3.05, 3.63) is 24.3 Å². The molecule has 1 aromatic rings. The van der Waals surface area contributed by atoms with Gasteiger partial charge in [-0.25, -0.2) is 0 Å². The molecule has 1 fully saturated rings. The van der Waals surface area contributed by atoms with Crippen LogP contribution in [-0.4, -0.2) is 30.1 Å². The van der Waals surface area contributed by atoms with Gasteiger partial charge in [-0.2, -0.15) is 11.8 Å². The highest BCUT2D eigenvalue weighted by molar-refractivity contribution is 7.99. The molecule has 0 radical (unpaired) electrons. The van der Waals surface area contributed by atoms with E-state index in [1.165, 1.54) is 19.3 Å². The molecular weight excluding hydrogens is 284 g/mol. The topological polar surface area (TPSA) is 64.3 Å². The number of nitrogens with one attached hydrogen (secondary N) is 1. The number of carbonyl (C=O) groups excluding carboxylic acids is 1. The first-order valence-corrected chi connectivity index (χ1v) is 8.78. The minimum Gasteiger partial charge on any atom is -0.493 e. The van der Waals surface area contributed by atoms with Crippen molar-refractivity contribution in [3.8, 4) is 5.75 Å². The van der Waals surface area contributed by atoms with Crippen LogP contribution in [0.5, 0.6) is 5.75 Å². The highest BCUT2D eigenvalue weighted by Gasteiger charge is 2.25. The molecule has 2 atom stereocenters. The van der Waals surface area contributed by atoms with Crippen molar-refractivity contribution in [3.63, 3.8) is 0 Å². The second-order valence-corrected chi connectivity index (χ2v) is 6.48. The van der Waals surface area contributed by atoms with Crippen LogP contribution in [0.1, 0.15) is 32.1 Å². The molecule has 2 unspecified atom stereocenters. The first-order valence-electron chi connectivity index (χ1n) is 7.49. The molecule has 4 nitrogen and oxygen atoms in total. The molecule has 0 aromatic heterocycles. The van der Waals surface area contributed by atoms with Crippen molar-refractivity contribution in [2.45, 2.75) is 43.4 Å². The zero-order valence-electron chi connectivity index (χ0n) is 12.5. The number of amides is 1. The Morgan fingerprint density at radius 3 is 2.76 bits per heavy atom. The molecule has 1 amide bonds. The minimum absolute atomic E-state index is 0.0800. The quantitative estimate of drug-likeness (QED) is 0.793. The summed E-state index contributed by atoms with van der Waals surface area (Å²) in [6, 6.07) is 7.54. The third-order valence-electron chi connectivity index (χ3n) is 3.83. The van der Waals surface area contributed by atoms with Gasteiger partial charge >= 0.3 is 0 Å². The Morgan fingerprint density at radius 2 is 2.05 bits per heavy atom. The lowest BCUT2D eigenvalue weighted by Crippen LogP contribution is -2.44. The van der Waals surface area contributed by atoms with Gasteiger partial charge in [0.1, 0.15) is 5.75 Å². The molecule has 1 aliphatic rings. The predicted octanol–water partition coefficient (Wildman–Crippen LogP) is 2.83. The minimum atomic E-state index is 0.0800. The average Bonchev–Trinajstić information content (AvgIpc) is 2.50. The van der Waals surface area contributed by atoms with Crippen molar-refractivity contribution in [1.82, 2.24) is 5.32 Å². The Balaban J connectivity index is 1.70. The van der Waals surface area contributed by atoms with Crippen LogP contribution in [0.3, 0.4) is 0 Å². The molecule has 0 spiro atoms. The fraction of sp³-hybridized carbons (Fsp3) is 0.562. The zero-order chi connectivity index (χ0) is 15.1. The zero-order valence-corrected chi connectivity index (χ0v) is 13.3. The largest absolute Gasteiger partial charge is 0.493 e. The van der Waals surface area contributed by atoms with Gasteiger partial charge in [-0.3, -0.25) is 4.79 Å². The Labute approximate surface area is 130 Å². The summed E-state index contributed by atoms with van der Waals surface area (Å²) in [6.45, 7) is 0.395. The fourth-order valence-electron chi connectivity index (χ4n) is 2.65. The van der Waals surface area contributed by atoms with Crippen LogP contribution < -0.4 is 15.8 Å². The van der Waals surface area contributed by atoms with Crippen LogP contribution in [0.4, 0.5) is 5.69 Å². The van der Waals surface area contributed by atoms with E-state index >= 15 is 0 Å². The number of ether oxygens (including phenoxy) is 1. The van der Waals surface area contributed by atoms with Gasteiger partial charge in [-0.05, 0) is 43.4 Å². The summed E-state index contributed by atoms with van der Waals surface area (Å²) in [4.78, 5) is 12.0. The smallest absolute Gasteiger partial charge is 0.223 e. The van der Waals surface area contributed by atoms with E-state index in [4.69, 9.17) is 10.5 Å². The SMILES string of the molecule is CSC1CCCCC1NC(=O)CCOc1ccc(N)cc1. The highest BCUT2D eigenvalue weighted by Crippen LogP contribution is 2.27. The van der Waals surface area contributed by atoms with Crippen LogP contribution >= 0.6 is 11.8 Å². The molecular formula is C16H24N2O2S. The Morgan fingerprint density at radius 1 is 1.33 bits per heavy atom. The number of rotatable bonds is 6. The number of anilines is 1. The Hall–Kier alpha value is -1.36. The summed E-state index contributed by atoms with van der Waals surface area (Å²) in [5, 5.41) is 3.71. The maximum absolute atomic E-state index is 12.0. The lowest BCUT2D eigenvalue weighted by atomic mass is 9.95. The van der Waals surface area contributed by atoms with Gasteiger partial charge in [0.15, 0.2) is 0 Å². The summed E-state index contributed by atoms with van der Waals surface area (Å²) in [6.07, 6.45) is 7.30. The van der Waals surface area contributed by atoms with Gasteiger partial charge in [0.25, 0.3) is 0 Å². The number of nitrogens with two attached hydrogens (primary N) is 1. The summed E-state index contributed by atoms with van der Waals surface area (Å²) >= 11 is 1.86. The van der Waals surface area contributed by atoms with E-state index in [0.717, 1.165) is 12.2 Å². The standard InChI is InChI=1S/C16H24N2O2S/c1-21-15-5-3-2-4-14(15)18-16(19)10-11-20-13-8-6-12(17)7-9-13/h6-9,14-15H,2-5,10-11,17H2,1H3,(H,18,19). The first-order chi connectivity index (χ1) is 10.2. The third-order valence-corrected chi connectivity index (χ3v) is 5.00. The molecule has 1 aliphatic carbocycles. The van der Waals surface area contributed by atoms with E-state index in [9.17, 15) is 4.79 Å². The van der Waals surface area contributed by atoms with Gasteiger partial charge in [0, 0.05) is 17.0 Å². The lowest BCUT2D eigenvalue weighted by Gasteiger charge is -2.30. The molecule has 21 heavy (non-hydrogen) atoms. The second-order valence-electron chi connectivity index (χ2n) is 5.40. The number of nitrogen functional groups attached to an aromatic ring is 1. The van der Waals surface area contributed by atoms with Crippen LogP contribution in [-0.2, 0) is 4.79 Å². The van der Waals surface area contributed by atoms with E-state index in [-0.39, 0.29) is 5.91 Å². The summed E-state index contributed by atoms with van der Waals surface area (Å²) in [7, 11) is 0. The normalized spacial score (nSPS) is 21.8. The van der Waals surface area contributed by atoms with Gasteiger partial charge < -0.3 is 15.8 Å². The third kappa shape index (κ3) is 5.16. The van der Waals surface area contributed by atoms with Crippen LogP contribution in [0.25, 0.3) is 0 Å². The summed E-state index contributed by atoms with van der Waals surface area (Å²) in [5.74, 6) is 0.827. The Bertz CT molecular complexity index is 450. The van der Waals surface area contributed by atoms with Gasteiger partial charge in [-0.1, -0.05) is 12.8 Å². The lowest BCUT2D eigenvalue weighted by molar-refractivity contribution is -0.122. The Kier molecular flexibility index (Phi) is 6.23. The van der Waals surface area contributed by atoms with E-state index in [0.29, 0.717) is 30.0 Å². The fourth-order valence-corrected chi connectivity index (χ4v) is 3.58. The molecule has 5 heteroatoms. The van der Waals surface area contributed by atoms with Crippen LogP contribution in [0, 0.1) is 0 Å². The number of hydrogen-bond acceptors (Lipinski definition) is 4. The highest BCUT2D eigenvalue weighted by atomic mass is 32.2. The van der Waals surface area contributed by atoms with E-state index in [2.05, 4.69) is 11.6 Å². The molecule has 0 heterocycles. The maximum atomic E-state index is 12.0. The van der Waals surface area contributed by atoms with Gasteiger partial charge in [0.05, 0.1) is 13.0 Å². The average molecular weight is 308 g/mol. The van der Waals surface area contributed by atoms with Crippen molar-refractivity contribution in [1.29, 1.82) is 0 Å². The van der Waals surface area contributed by atoms with Crippen molar-refractivity contribution in [2.24, 2.45) is 0 Å². The number of thioether (sulfide) groups is 1. The van der Waals surface area contributed by atoms with Crippen molar-refractivity contribution >= 4 is 23.4 Å². The molecule has 0 aliphatic heterocycles. The van der Waals surface area contributed by atoms with Gasteiger partial charge in [0.2, 0.25) is 5.91 Å². The van der Waals surface area contributed by atoms with E-state index in [1.54, 1.807) is 12.1 Å². The number of hydrogen-bond donors (Lipinski definition) is 2. The predicted molar refractivity (Wildman–Crippen MR) is 88.7 cm³/mol. The van der Waals surface area contributed by atoms with Crippen molar-refractivity contribution in [2.75, 3.05) is 18.6 Å². The van der Waals surface area contributed by atoms with E-state index < -0.39 is 0 Å². The summed E-state index contributed by atoms with van der Waals surface area (Å²) in [5.41, 5.74) is 6.32. The molecule has 0 saturated heterocycles. The molecule has 2 rings (SSSR count). The van der Waals surface area contributed by atoms with Gasteiger partial charge in [-0.15, -0.1) is 0 Å². The first kappa shape index (κ1) is 16.0.